The molecule has 0 spiro atoms. The number of H-pyrrole nitrogens is 1. The molecule has 4 rings (SSSR count). The van der Waals surface area contributed by atoms with Crippen molar-refractivity contribution in [2.75, 3.05) is 0 Å². The Morgan fingerprint density at radius 3 is 2.60 bits per heavy atom. The minimum absolute atomic E-state index is 0.440. The summed E-state index contributed by atoms with van der Waals surface area (Å²) in [6, 6.07) is 21.7. The van der Waals surface area contributed by atoms with Crippen LogP contribution in [0, 0.1) is 25.2 Å². The fraction of sp³-hybridized carbons (Fsp3) is 0.120. The van der Waals surface area contributed by atoms with Crippen molar-refractivity contribution in [3.8, 4) is 11.8 Å². The van der Waals surface area contributed by atoms with Crippen molar-refractivity contribution in [3.05, 3.63) is 93.8 Å². The van der Waals surface area contributed by atoms with Gasteiger partial charge in [0.05, 0.1) is 21.6 Å². The SMILES string of the molecule is Cc1cc2nc(/C(C#N)=C\c3ccc(OCc4ccccc4)c(Cl)c3)[nH]c2cc1C. The molecule has 1 N–H and O–H groups in total. The summed E-state index contributed by atoms with van der Waals surface area (Å²) in [5, 5.41) is 10.2. The largest absolute Gasteiger partial charge is 0.487 e. The third-order valence-corrected chi connectivity index (χ3v) is 5.27. The molecule has 0 fully saturated rings. The number of aryl methyl sites for hydroxylation is 2. The molecule has 4 nitrogen and oxygen atoms in total. The fourth-order valence-electron chi connectivity index (χ4n) is 3.18. The van der Waals surface area contributed by atoms with Crippen LogP contribution in [0.2, 0.25) is 5.02 Å². The van der Waals surface area contributed by atoms with Crippen LogP contribution >= 0.6 is 11.6 Å². The van der Waals surface area contributed by atoms with E-state index in [9.17, 15) is 5.26 Å². The second kappa shape index (κ2) is 8.44. The Balaban J connectivity index is 1.58. The van der Waals surface area contributed by atoms with Crippen LogP contribution in [0.4, 0.5) is 0 Å². The highest BCUT2D eigenvalue weighted by Crippen LogP contribution is 2.28. The summed E-state index contributed by atoms with van der Waals surface area (Å²) in [6.45, 7) is 4.55. The summed E-state index contributed by atoms with van der Waals surface area (Å²) in [6.07, 6.45) is 1.77. The molecule has 0 aliphatic heterocycles. The molecule has 5 heteroatoms. The minimum Gasteiger partial charge on any atom is -0.487 e. The van der Waals surface area contributed by atoms with Gasteiger partial charge >= 0.3 is 0 Å². The fourth-order valence-corrected chi connectivity index (χ4v) is 3.42. The highest BCUT2D eigenvalue weighted by molar-refractivity contribution is 6.32. The van der Waals surface area contributed by atoms with Crippen LogP contribution in [-0.2, 0) is 6.61 Å². The molecule has 0 aliphatic rings. The normalized spacial score (nSPS) is 11.5. The summed E-state index contributed by atoms with van der Waals surface area (Å²) >= 11 is 6.41. The van der Waals surface area contributed by atoms with Crippen LogP contribution in [0.25, 0.3) is 22.7 Å². The number of aromatic amines is 1. The van der Waals surface area contributed by atoms with Gasteiger partial charge in [-0.25, -0.2) is 4.98 Å². The number of allylic oxidation sites excluding steroid dienone is 1. The maximum atomic E-state index is 9.67. The zero-order valence-corrected chi connectivity index (χ0v) is 17.5. The van der Waals surface area contributed by atoms with Crippen molar-refractivity contribution < 1.29 is 4.74 Å². The number of nitriles is 1. The number of fused-ring (bicyclic) bond motifs is 1. The first-order valence-electron chi connectivity index (χ1n) is 9.59. The molecule has 3 aromatic carbocycles. The lowest BCUT2D eigenvalue weighted by molar-refractivity contribution is 0.306. The van der Waals surface area contributed by atoms with Crippen molar-refractivity contribution >= 4 is 34.3 Å². The summed E-state index contributed by atoms with van der Waals surface area (Å²) in [5.41, 5.74) is 6.42. The maximum absolute atomic E-state index is 9.67. The molecule has 0 amide bonds. The lowest BCUT2D eigenvalue weighted by Crippen LogP contribution is -1.95. The van der Waals surface area contributed by atoms with Crippen LogP contribution in [0.3, 0.4) is 0 Å². The van der Waals surface area contributed by atoms with E-state index in [0.29, 0.717) is 28.8 Å². The number of imidazole rings is 1. The number of rotatable bonds is 5. The summed E-state index contributed by atoms with van der Waals surface area (Å²) in [5.74, 6) is 1.14. The Morgan fingerprint density at radius 2 is 1.87 bits per heavy atom. The van der Waals surface area contributed by atoms with Gasteiger partial charge in [0.25, 0.3) is 0 Å². The van der Waals surface area contributed by atoms with Crippen molar-refractivity contribution in [3.63, 3.8) is 0 Å². The van der Waals surface area contributed by atoms with E-state index in [4.69, 9.17) is 16.3 Å². The Morgan fingerprint density at radius 1 is 1.10 bits per heavy atom. The summed E-state index contributed by atoms with van der Waals surface area (Å²) in [7, 11) is 0. The zero-order chi connectivity index (χ0) is 21.1. The standard InChI is InChI=1S/C25H20ClN3O/c1-16-10-22-23(11-17(16)2)29-25(28-22)20(14-27)12-19-8-9-24(21(26)13-19)30-15-18-6-4-3-5-7-18/h3-13H,15H2,1-2H3,(H,28,29)/b20-12-. The number of ether oxygens (including phenoxy) is 1. The maximum Gasteiger partial charge on any atom is 0.149 e. The van der Waals surface area contributed by atoms with Crippen molar-refractivity contribution in [1.82, 2.24) is 9.97 Å². The Bertz CT molecular complexity index is 1240. The van der Waals surface area contributed by atoms with Crippen LogP contribution < -0.4 is 4.74 Å². The molecule has 0 atom stereocenters. The first kappa shape index (κ1) is 19.8. The predicted molar refractivity (Wildman–Crippen MR) is 121 cm³/mol. The monoisotopic (exact) mass is 413 g/mol. The smallest absolute Gasteiger partial charge is 0.149 e. The highest BCUT2D eigenvalue weighted by atomic mass is 35.5. The van der Waals surface area contributed by atoms with E-state index >= 15 is 0 Å². The van der Waals surface area contributed by atoms with Gasteiger partial charge in [0.1, 0.15) is 24.3 Å². The Labute approximate surface area is 180 Å². The Hall–Kier alpha value is -3.55. The average molecular weight is 414 g/mol. The molecule has 4 aromatic rings. The van der Waals surface area contributed by atoms with E-state index in [1.165, 1.54) is 11.1 Å². The lowest BCUT2D eigenvalue weighted by Gasteiger charge is -2.09. The number of hydrogen-bond acceptors (Lipinski definition) is 3. The van der Waals surface area contributed by atoms with Gasteiger partial charge in [0.15, 0.2) is 0 Å². The van der Waals surface area contributed by atoms with Gasteiger partial charge in [-0.3, -0.25) is 0 Å². The Kier molecular flexibility index (Phi) is 5.56. The molecular formula is C25H20ClN3O. The van der Waals surface area contributed by atoms with Gasteiger partial charge in [0.2, 0.25) is 0 Å². The number of nitrogens with one attached hydrogen (secondary N) is 1. The van der Waals surface area contributed by atoms with Gasteiger partial charge in [-0.15, -0.1) is 0 Å². The van der Waals surface area contributed by atoms with Crippen molar-refractivity contribution in [2.45, 2.75) is 20.5 Å². The predicted octanol–water partition coefficient (Wildman–Crippen LogP) is 6.48. The van der Waals surface area contributed by atoms with Crippen molar-refractivity contribution in [2.24, 2.45) is 0 Å². The number of aromatic nitrogens is 2. The molecular weight excluding hydrogens is 394 g/mol. The highest BCUT2D eigenvalue weighted by Gasteiger charge is 2.10. The summed E-state index contributed by atoms with van der Waals surface area (Å²) in [4.78, 5) is 7.82. The molecule has 148 valence electrons. The minimum atomic E-state index is 0.440. The first-order valence-corrected chi connectivity index (χ1v) is 9.96. The second-order valence-electron chi connectivity index (χ2n) is 7.17. The topological polar surface area (TPSA) is 61.7 Å². The lowest BCUT2D eigenvalue weighted by atomic mass is 10.1. The molecule has 0 unspecified atom stereocenters. The van der Waals surface area contributed by atoms with Crippen molar-refractivity contribution in [1.29, 1.82) is 5.26 Å². The number of nitrogens with zero attached hydrogens (tertiary/aromatic N) is 2. The van der Waals surface area contributed by atoms with E-state index in [1.54, 1.807) is 12.1 Å². The first-order chi connectivity index (χ1) is 14.5. The van der Waals surface area contributed by atoms with E-state index < -0.39 is 0 Å². The van der Waals surface area contributed by atoms with E-state index in [2.05, 4.69) is 23.0 Å². The number of halogens is 1. The van der Waals surface area contributed by atoms with Gasteiger partial charge in [0, 0.05) is 0 Å². The van der Waals surface area contributed by atoms with Crippen LogP contribution in [0.5, 0.6) is 5.75 Å². The quantitative estimate of drug-likeness (QED) is 0.381. The third kappa shape index (κ3) is 4.22. The molecule has 1 aromatic heterocycles. The number of benzene rings is 3. The molecule has 0 aliphatic carbocycles. The molecule has 0 bridgehead atoms. The van der Waals surface area contributed by atoms with Crippen LogP contribution in [0.1, 0.15) is 28.1 Å². The van der Waals surface area contributed by atoms with Crippen LogP contribution in [0.15, 0.2) is 60.7 Å². The van der Waals surface area contributed by atoms with Gasteiger partial charge < -0.3 is 9.72 Å². The van der Waals surface area contributed by atoms with Gasteiger partial charge in [-0.05, 0) is 66.4 Å². The van der Waals surface area contributed by atoms with E-state index in [1.807, 2.05) is 61.5 Å². The molecule has 0 saturated heterocycles. The molecule has 0 saturated carbocycles. The average Bonchev–Trinajstić information content (AvgIpc) is 3.14. The molecule has 0 radical (unpaired) electrons. The summed E-state index contributed by atoms with van der Waals surface area (Å²) < 4.78 is 5.82. The van der Waals surface area contributed by atoms with E-state index in [-0.39, 0.29) is 0 Å². The van der Waals surface area contributed by atoms with Crippen LogP contribution in [-0.4, -0.2) is 9.97 Å². The van der Waals surface area contributed by atoms with Gasteiger partial charge in [-0.1, -0.05) is 48.0 Å². The van der Waals surface area contributed by atoms with E-state index in [0.717, 1.165) is 22.2 Å². The molecule has 30 heavy (non-hydrogen) atoms. The second-order valence-corrected chi connectivity index (χ2v) is 7.58. The zero-order valence-electron chi connectivity index (χ0n) is 16.7. The molecule has 1 heterocycles. The van der Waals surface area contributed by atoms with Gasteiger partial charge in [-0.2, -0.15) is 5.26 Å². The third-order valence-electron chi connectivity index (χ3n) is 4.98. The number of hydrogen-bond donors (Lipinski definition) is 1.